The largest absolute Gasteiger partial charge is 0.385 e. The Bertz CT molecular complexity index is 38.5. The summed E-state index contributed by atoms with van der Waals surface area (Å²) >= 11 is 0. The highest BCUT2D eigenvalue weighted by atomic mass is 16.5. The molecule has 0 spiro atoms. The first kappa shape index (κ1) is 1.41. The van der Waals surface area contributed by atoms with Gasteiger partial charge in [0.2, 0.25) is 0 Å². The van der Waals surface area contributed by atoms with Crippen molar-refractivity contribution in [3.8, 4) is 0 Å². The van der Waals surface area contributed by atoms with Gasteiger partial charge < -0.3 is 4.74 Å². The fourth-order valence-electron chi connectivity index (χ4n) is 0. The highest BCUT2D eigenvalue weighted by Crippen LogP contribution is 1.52. The Morgan fingerprint density at radius 3 is 2.50 bits per heavy atom. The fourth-order valence-corrected chi connectivity index (χ4v) is 0. The van der Waals surface area contributed by atoms with Crippen LogP contribution in [0.15, 0.2) is 0 Å². The average molecular weight is 62.1 g/mol. The molecule has 0 rings (SSSR count). The maximum absolute atomic E-state index is 6.62. The molecule has 1 nitrogen and oxygen atoms in total. The average Bonchev–Trinajstić information content (AvgIpc) is 1.35. The van der Waals surface area contributed by atoms with E-state index in [-0.39, 0.29) is 0 Å². The van der Waals surface area contributed by atoms with Crippen LogP contribution >= 0.6 is 0 Å². The summed E-state index contributed by atoms with van der Waals surface area (Å²) in [5.41, 5.74) is 0. The lowest BCUT2D eigenvalue weighted by molar-refractivity contribution is 0.215. The Morgan fingerprint density at radius 2 is 2.50 bits per heavy atom. The lowest BCUT2D eigenvalue weighted by Gasteiger charge is -1.76. The predicted octanol–water partition coefficient (Wildman–Crippen LogP) is 0.653. The Balaban J connectivity index is 3.17. The highest BCUT2D eigenvalue weighted by Gasteiger charge is 1.51. The van der Waals surface area contributed by atoms with Gasteiger partial charge in [-0.15, -0.1) is 0 Å². The molecule has 0 aromatic heterocycles. The molecule has 4 heavy (non-hydrogen) atoms. The maximum Gasteiger partial charge on any atom is 0.0563 e. The molecular formula is C3H8O. The molecule has 0 aliphatic carbocycles. The molecule has 0 saturated carbocycles. The zero-order chi connectivity index (χ0) is 5.21. The summed E-state index contributed by atoms with van der Waals surface area (Å²) in [6.07, 6.45) is 0. The van der Waals surface area contributed by atoms with Crippen LogP contribution in [0.3, 0.4) is 0 Å². The quantitative estimate of drug-likeness (QED) is 0.433. The van der Waals surface area contributed by atoms with Crippen LogP contribution < -0.4 is 0 Å². The van der Waals surface area contributed by atoms with E-state index in [1.807, 2.05) is 0 Å². The van der Waals surface area contributed by atoms with Crippen molar-refractivity contribution in [3.63, 3.8) is 0 Å². The number of ether oxygens (including phenoxy) is 1. The third-order valence-electron chi connectivity index (χ3n) is 0.204. The van der Waals surface area contributed by atoms with E-state index in [1.54, 1.807) is 0 Å². The molecule has 0 atom stereocenters. The van der Waals surface area contributed by atoms with E-state index < -0.39 is 6.56 Å². The van der Waals surface area contributed by atoms with Gasteiger partial charge in [0, 0.05) is 13.7 Å². The van der Waals surface area contributed by atoms with Gasteiger partial charge in [-0.2, -0.15) is 0 Å². The molecule has 0 bridgehead atoms. The zero-order valence-electron chi connectivity index (χ0n) is 4.91. The van der Waals surface area contributed by atoms with Crippen molar-refractivity contribution in [1.82, 2.24) is 0 Å². The standard InChI is InChI=1S/C3H8O/c1-3-4-2/h3H2,1-2H3/i3D2. The molecule has 0 heterocycles. The van der Waals surface area contributed by atoms with Crippen molar-refractivity contribution < 1.29 is 7.48 Å². The molecule has 26 valence electrons. The molecular weight excluding hydrogens is 52.0 g/mol. The SMILES string of the molecule is [2H]C([2H])(C)OC. The minimum Gasteiger partial charge on any atom is -0.385 e. The molecule has 0 aliphatic rings. The molecule has 0 N–H and O–H groups in total. The van der Waals surface area contributed by atoms with Crippen LogP contribution in [-0.2, 0) is 4.74 Å². The molecule has 0 aromatic carbocycles. The van der Waals surface area contributed by atoms with Gasteiger partial charge in [0.05, 0.1) is 2.74 Å². The molecule has 0 unspecified atom stereocenters. The number of rotatable bonds is 1. The minimum atomic E-state index is -1.46. The summed E-state index contributed by atoms with van der Waals surface area (Å²) in [4.78, 5) is 0. The number of methoxy groups -OCH3 is 1. The second-order valence-electron chi connectivity index (χ2n) is 0.408. The van der Waals surface area contributed by atoms with Gasteiger partial charge >= 0.3 is 0 Å². The molecule has 0 aromatic rings. The summed E-state index contributed by atoms with van der Waals surface area (Å²) in [6, 6.07) is 0. The Hall–Kier alpha value is -0.0400. The summed E-state index contributed by atoms with van der Waals surface area (Å²) < 4.78 is 17.5. The van der Waals surface area contributed by atoms with Gasteiger partial charge in [0.1, 0.15) is 0 Å². The predicted molar refractivity (Wildman–Crippen MR) is 17.6 cm³/mol. The van der Waals surface area contributed by atoms with E-state index in [1.165, 1.54) is 14.0 Å². The normalized spacial score (nSPS) is 18.5. The molecule has 1 heteroatoms. The summed E-state index contributed by atoms with van der Waals surface area (Å²) in [5.74, 6) is 0. The topological polar surface area (TPSA) is 9.23 Å². The fraction of sp³-hybridized carbons (Fsp3) is 1.00. The molecule has 0 amide bonds. The first-order valence-electron chi connectivity index (χ1n) is 2.11. The van der Waals surface area contributed by atoms with Crippen LogP contribution in [0.5, 0.6) is 0 Å². The third-order valence-corrected chi connectivity index (χ3v) is 0.204. The zero-order valence-corrected chi connectivity index (χ0v) is 2.91. The summed E-state index contributed by atoms with van der Waals surface area (Å²) in [6.45, 7) is -0.104. The Labute approximate surface area is 29.4 Å². The van der Waals surface area contributed by atoms with Crippen molar-refractivity contribution in [1.29, 1.82) is 0 Å². The minimum absolute atomic E-state index is 1.33. The lowest BCUT2D eigenvalue weighted by atomic mass is 10.9. The van der Waals surface area contributed by atoms with Gasteiger partial charge in [-0.25, -0.2) is 0 Å². The van der Waals surface area contributed by atoms with Crippen LogP contribution in [0.25, 0.3) is 0 Å². The van der Waals surface area contributed by atoms with E-state index in [0.29, 0.717) is 0 Å². The second kappa shape index (κ2) is 2.96. The first-order chi connectivity index (χ1) is 2.56. The molecule has 0 saturated heterocycles. The smallest absolute Gasteiger partial charge is 0.0563 e. The van der Waals surface area contributed by atoms with Crippen molar-refractivity contribution in [2.45, 2.75) is 6.92 Å². The van der Waals surface area contributed by atoms with Gasteiger partial charge in [0.25, 0.3) is 0 Å². The summed E-state index contributed by atoms with van der Waals surface area (Å²) in [5, 5.41) is 0. The van der Waals surface area contributed by atoms with Crippen LogP contribution in [0.4, 0.5) is 0 Å². The second-order valence-corrected chi connectivity index (χ2v) is 0.408. The molecule has 0 aliphatic heterocycles. The third kappa shape index (κ3) is 1.96. The van der Waals surface area contributed by atoms with Crippen LogP contribution in [0.2, 0.25) is 0 Å². The van der Waals surface area contributed by atoms with Gasteiger partial charge in [-0.1, -0.05) is 0 Å². The Morgan fingerprint density at radius 1 is 2.25 bits per heavy atom. The van der Waals surface area contributed by atoms with Gasteiger partial charge in [0.15, 0.2) is 0 Å². The molecule has 0 radical (unpaired) electrons. The van der Waals surface area contributed by atoms with Crippen LogP contribution in [-0.4, -0.2) is 13.7 Å². The van der Waals surface area contributed by atoms with Crippen LogP contribution in [0.1, 0.15) is 9.67 Å². The van der Waals surface area contributed by atoms with Crippen molar-refractivity contribution in [3.05, 3.63) is 0 Å². The monoisotopic (exact) mass is 62.1 g/mol. The van der Waals surface area contributed by atoms with Gasteiger partial charge in [-0.3, -0.25) is 0 Å². The van der Waals surface area contributed by atoms with E-state index in [0.717, 1.165) is 0 Å². The maximum atomic E-state index is 6.62. The van der Waals surface area contributed by atoms with E-state index in [9.17, 15) is 0 Å². The van der Waals surface area contributed by atoms with Crippen LogP contribution in [0, 0.1) is 0 Å². The van der Waals surface area contributed by atoms with Crippen molar-refractivity contribution >= 4 is 0 Å². The van der Waals surface area contributed by atoms with Crippen molar-refractivity contribution in [2.75, 3.05) is 13.7 Å². The van der Waals surface area contributed by atoms with E-state index in [2.05, 4.69) is 4.74 Å². The van der Waals surface area contributed by atoms with Gasteiger partial charge in [-0.05, 0) is 6.92 Å². The van der Waals surface area contributed by atoms with Crippen molar-refractivity contribution in [2.24, 2.45) is 0 Å². The molecule has 0 fully saturated rings. The Kier molecular flexibility index (Phi) is 1.04. The number of hydrogen-bond donors (Lipinski definition) is 0. The first-order valence-corrected chi connectivity index (χ1v) is 1.11. The highest BCUT2D eigenvalue weighted by molar-refractivity contribution is 3.94. The van der Waals surface area contributed by atoms with E-state index in [4.69, 9.17) is 2.74 Å². The number of hydrogen-bond acceptors (Lipinski definition) is 1. The lowest BCUT2D eigenvalue weighted by Crippen LogP contribution is -1.73. The van der Waals surface area contributed by atoms with E-state index >= 15 is 0 Å². The summed E-state index contributed by atoms with van der Waals surface area (Å²) in [7, 11) is 1.33.